The lowest BCUT2D eigenvalue weighted by Gasteiger charge is -2.14. The van der Waals surface area contributed by atoms with Gasteiger partial charge in [-0.15, -0.1) is 0 Å². The van der Waals surface area contributed by atoms with E-state index in [1.165, 1.54) is 0 Å². The second-order valence-corrected chi connectivity index (χ2v) is 5.72. The highest BCUT2D eigenvalue weighted by molar-refractivity contribution is 6.30. The van der Waals surface area contributed by atoms with Gasteiger partial charge in [0.2, 0.25) is 0 Å². The smallest absolute Gasteiger partial charge is 0.191 e. The molecule has 0 unspecified atom stereocenters. The highest BCUT2D eigenvalue weighted by atomic mass is 35.5. The van der Waals surface area contributed by atoms with Crippen molar-refractivity contribution >= 4 is 23.4 Å². The molecule has 122 valence electrons. The van der Waals surface area contributed by atoms with E-state index in [-0.39, 0.29) is 0 Å². The Balaban J connectivity index is 1.87. The molecule has 2 rings (SSSR count). The minimum atomic E-state index is 0.613. The van der Waals surface area contributed by atoms with Crippen LogP contribution in [0.25, 0.3) is 0 Å². The topological polar surface area (TPSA) is 52.6 Å². The lowest BCUT2D eigenvalue weighted by molar-refractivity contribution is 0.793. The van der Waals surface area contributed by atoms with Gasteiger partial charge < -0.3 is 15.5 Å². The molecule has 0 amide bonds. The fraction of sp³-hybridized carbons (Fsp3) is 0.294. The highest BCUT2D eigenvalue weighted by Crippen LogP contribution is 2.09. The Hall–Kier alpha value is -2.27. The highest BCUT2D eigenvalue weighted by Gasteiger charge is 2.02. The van der Waals surface area contributed by atoms with Crippen LogP contribution in [0.2, 0.25) is 5.02 Å². The van der Waals surface area contributed by atoms with Gasteiger partial charge >= 0.3 is 0 Å². The Morgan fingerprint density at radius 2 is 1.78 bits per heavy atom. The fourth-order valence-electron chi connectivity index (χ4n) is 2.00. The van der Waals surface area contributed by atoms with Gasteiger partial charge in [0.25, 0.3) is 0 Å². The third-order valence-electron chi connectivity index (χ3n) is 3.28. The Kier molecular flexibility index (Phi) is 6.23. The number of rotatable bonds is 5. The molecule has 1 aromatic heterocycles. The van der Waals surface area contributed by atoms with Crippen LogP contribution in [0.4, 0.5) is 5.82 Å². The lowest BCUT2D eigenvalue weighted by atomic mass is 10.2. The molecule has 0 atom stereocenters. The summed E-state index contributed by atoms with van der Waals surface area (Å²) in [5, 5.41) is 7.27. The van der Waals surface area contributed by atoms with Gasteiger partial charge in [0.05, 0.1) is 12.2 Å². The third-order valence-corrected chi connectivity index (χ3v) is 3.54. The summed E-state index contributed by atoms with van der Waals surface area (Å²) in [5.74, 6) is 1.67. The maximum absolute atomic E-state index is 5.89. The van der Waals surface area contributed by atoms with E-state index < -0.39 is 0 Å². The maximum atomic E-state index is 5.89. The first-order valence-corrected chi connectivity index (χ1v) is 7.78. The zero-order valence-corrected chi connectivity index (χ0v) is 14.4. The lowest BCUT2D eigenvalue weighted by Crippen LogP contribution is -2.36. The summed E-state index contributed by atoms with van der Waals surface area (Å²) in [6.45, 7) is 1.30. The molecular weight excluding hydrogens is 310 g/mol. The molecule has 0 aliphatic carbocycles. The van der Waals surface area contributed by atoms with Crippen molar-refractivity contribution in [3.05, 3.63) is 58.7 Å². The molecule has 0 saturated heterocycles. The van der Waals surface area contributed by atoms with Gasteiger partial charge in [0, 0.05) is 32.7 Å². The molecule has 1 aromatic carbocycles. The maximum Gasteiger partial charge on any atom is 0.191 e. The monoisotopic (exact) mass is 331 g/mol. The van der Waals surface area contributed by atoms with Gasteiger partial charge in [0.15, 0.2) is 5.96 Å². The van der Waals surface area contributed by atoms with E-state index in [1.807, 2.05) is 61.5 Å². The van der Waals surface area contributed by atoms with Crippen LogP contribution in [-0.4, -0.2) is 32.1 Å². The van der Waals surface area contributed by atoms with Crippen LogP contribution in [0.15, 0.2) is 47.5 Å². The second-order valence-electron chi connectivity index (χ2n) is 5.29. The molecule has 1 heterocycles. The van der Waals surface area contributed by atoms with E-state index in [2.05, 4.69) is 20.6 Å². The van der Waals surface area contributed by atoms with Crippen molar-refractivity contribution in [3.8, 4) is 0 Å². The Labute approximate surface area is 142 Å². The molecule has 0 aliphatic rings. The second kappa shape index (κ2) is 8.39. The summed E-state index contributed by atoms with van der Waals surface area (Å²) < 4.78 is 0. The zero-order valence-electron chi connectivity index (χ0n) is 13.7. The van der Waals surface area contributed by atoms with Gasteiger partial charge in [-0.3, -0.25) is 4.99 Å². The minimum absolute atomic E-state index is 0.613. The summed E-state index contributed by atoms with van der Waals surface area (Å²) in [5.41, 5.74) is 2.11. The summed E-state index contributed by atoms with van der Waals surface area (Å²) in [4.78, 5) is 10.8. The fourth-order valence-corrected chi connectivity index (χ4v) is 2.12. The molecular formula is C17H22ClN5. The zero-order chi connectivity index (χ0) is 16.7. The molecule has 6 heteroatoms. The van der Waals surface area contributed by atoms with Crippen molar-refractivity contribution in [2.75, 3.05) is 26.0 Å². The van der Waals surface area contributed by atoms with Crippen molar-refractivity contribution in [2.45, 2.75) is 13.1 Å². The molecule has 0 bridgehead atoms. The predicted octanol–water partition coefficient (Wildman–Crippen LogP) is 2.67. The van der Waals surface area contributed by atoms with Crippen molar-refractivity contribution in [1.29, 1.82) is 0 Å². The van der Waals surface area contributed by atoms with Crippen LogP contribution < -0.4 is 15.5 Å². The molecule has 0 saturated carbocycles. The van der Waals surface area contributed by atoms with Gasteiger partial charge in [-0.2, -0.15) is 0 Å². The van der Waals surface area contributed by atoms with Crippen molar-refractivity contribution in [2.24, 2.45) is 4.99 Å². The summed E-state index contributed by atoms with van der Waals surface area (Å²) >= 11 is 5.89. The number of hydrogen-bond acceptors (Lipinski definition) is 3. The van der Waals surface area contributed by atoms with Gasteiger partial charge in [-0.1, -0.05) is 29.8 Å². The Bertz CT molecular complexity index is 652. The number of aliphatic imine (C=N–C) groups is 1. The van der Waals surface area contributed by atoms with Crippen LogP contribution in [0, 0.1) is 0 Å². The number of hydrogen-bond donors (Lipinski definition) is 2. The molecule has 0 radical (unpaired) electrons. The van der Waals surface area contributed by atoms with Gasteiger partial charge in [-0.25, -0.2) is 4.98 Å². The number of aromatic nitrogens is 1. The van der Waals surface area contributed by atoms with Crippen molar-refractivity contribution in [1.82, 2.24) is 15.6 Å². The number of pyridine rings is 1. The molecule has 5 nitrogen and oxygen atoms in total. The first-order chi connectivity index (χ1) is 11.1. The van der Waals surface area contributed by atoms with E-state index in [4.69, 9.17) is 11.6 Å². The van der Waals surface area contributed by atoms with Crippen molar-refractivity contribution < 1.29 is 0 Å². The van der Waals surface area contributed by atoms with Gasteiger partial charge in [0.1, 0.15) is 5.82 Å². The Morgan fingerprint density at radius 1 is 1.09 bits per heavy atom. The first kappa shape index (κ1) is 17.1. The third kappa shape index (κ3) is 5.45. The standard InChI is InChI=1S/C17H22ClN5/c1-19-17(20-11-13-7-9-14(18)10-8-13)21-12-15-5-4-6-16(22-15)23(2)3/h4-10H,11-12H2,1-3H3,(H2,19,20,21). The quantitative estimate of drug-likeness (QED) is 0.653. The van der Waals surface area contributed by atoms with Gasteiger partial charge in [-0.05, 0) is 29.8 Å². The van der Waals surface area contributed by atoms with E-state index in [1.54, 1.807) is 7.05 Å². The molecule has 0 spiro atoms. The van der Waals surface area contributed by atoms with E-state index in [0.29, 0.717) is 13.1 Å². The molecule has 0 fully saturated rings. The predicted molar refractivity (Wildman–Crippen MR) is 97.1 cm³/mol. The van der Waals surface area contributed by atoms with Crippen LogP contribution in [0.3, 0.4) is 0 Å². The molecule has 2 N–H and O–H groups in total. The summed E-state index contributed by atoms with van der Waals surface area (Å²) in [6, 6.07) is 13.7. The summed E-state index contributed by atoms with van der Waals surface area (Å²) in [6.07, 6.45) is 0. The SMILES string of the molecule is CN=C(NCc1ccc(Cl)cc1)NCc1cccc(N(C)C)n1. The average molecular weight is 332 g/mol. The van der Waals surface area contributed by atoms with Crippen LogP contribution in [0.5, 0.6) is 0 Å². The Morgan fingerprint density at radius 3 is 2.43 bits per heavy atom. The first-order valence-electron chi connectivity index (χ1n) is 7.40. The number of halogens is 1. The normalized spacial score (nSPS) is 11.2. The number of anilines is 1. The van der Waals surface area contributed by atoms with Crippen LogP contribution in [-0.2, 0) is 13.1 Å². The van der Waals surface area contributed by atoms with Crippen LogP contribution in [0.1, 0.15) is 11.3 Å². The number of guanidine groups is 1. The van der Waals surface area contributed by atoms with E-state index >= 15 is 0 Å². The molecule has 0 aliphatic heterocycles. The number of nitrogens with one attached hydrogen (secondary N) is 2. The average Bonchev–Trinajstić information content (AvgIpc) is 2.57. The number of nitrogens with zero attached hydrogens (tertiary/aromatic N) is 3. The summed E-state index contributed by atoms with van der Waals surface area (Å²) in [7, 11) is 5.71. The van der Waals surface area contributed by atoms with Crippen molar-refractivity contribution in [3.63, 3.8) is 0 Å². The molecule has 2 aromatic rings. The van der Waals surface area contributed by atoms with Crippen LogP contribution >= 0.6 is 11.6 Å². The van der Waals surface area contributed by atoms with E-state index in [0.717, 1.165) is 28.1 Å². The number of benzene rings is 1. The van der Waals surface area contributed by atoms with E-state index in [9.17, 15) is 0 Å². The minimum Gasteiger partial charge on any atom is -0.363 e. The largest absolute Gasteiger partial charge is 0.363 e. The molecule has 23 heavy (non-hydrogen) atoms.